The number of hydrogen-bond acceptors (Lipinski definition) is 6. The Hall–Kier alpha value is -3.98. The molecule has 0 fully saturated rings. The maximum Gasteiger partial charge on any atom is 0.234 e. The molecule has 0 spiro atoms. The molecule has 2 aromatic heterocycles. The van der Waals surface area contributed by atoms with Gasteiger partial charge in [0.2, 0.25) is 11.8 Å². The van der Waals surface area contributed by atoms with E-state index in [1.807, 2.05) is 54.0 Å². The summed E-state index contributed by atoms with van der Waals surface area (Å²) in [5.41, 5.74) is 3.21. The van der Waals surface area contributed by atoms with Crippen LogP contribution in [0.25, 0.3) is 11.4 Å². The first-order valence-corrected chi connectivity index (χ1v) is 11.8. The number of thioether (sulfide) groups is 1. The quantitative estimate of drug-likeness (QED) is 0.353. The summed E-state index contributed by atoms with van der Waals surface area (Å²) in [5.74, 6) is 0.703. The maximum absolute atomic E-state index is 12.5. The summed E-state index contributed by atoms with van der Waals surface area (Å²) >= 11 is 1.33. The molecule has 8 nitrogen and oxygen atoms in total. The average Bonchev–Trinajstić information content (AvgIpc) is 3.28. The van der Waals surface area contributed by atoms with Crippen LogP contribution in [-0.2, 0) is 22.6 Å². The minimum Gasteiger partial charge on any atom is -0.326 e. The SMILES string of the molecule is CCn1c(SCC(=O)Nc2ccc(NC(=O)Cc3ccccc3)cc2)nnc1-c1ccncc1. The van der Waals surface area contributed by atoms with E-state index in [0.717, 1.165) is 17.0 Å². The molecule has 4 aromatic rings. The predicted octanol–water partition coefficient (Wildman–Crippen LogP) is 4.27. The van der Waals surface area contributed by atoms with Gasteiger partial charge in [-0.1, -0.05) is 42.1 Å². The lowest BCUT2D eigenvalue weighted by molar-refractivity contribution is -0.115. The standard InChI is InChI=1S/C25H24N6O2S/c1-2-31-24(19-12-14-26-15-13-19)29-30-25(31)34-17-23(33)28-21-10-8-20(9-11-21)27-22(32)16-18-6-4-3-5-7-18/h3-15H,2,16-17H2,1H3,(H,27,32)(H,28,33). The molecular weight excluding hydrogens is 448 g/mol. The van der Waals surface area contributed by atoms with Crippen molar-refractivity contribution in [3.63, 3.8) is 0 Å². The van der Waals surface area contributed by atoms with Crippen molar-refractivity contribution in [3.05, 3.63) is 84.7 Å². The first-order chi connectivity index (χ1) is 16.6. The normalized spacial score (nSPS) is 10.6. The summed E-state index contributed by atoms with van der Waals surface area (Å²) in [4.78, 5) is 28.7. The van der Waals surface area contributed by atoms with Crippen molar-refractivity contribution in [1.82, 2.24) is 19.7 Å². The molecule has 4 rings (SSSR count). The molecule has 0 radical (unpaired) electrons. The van der Waals surface area contributed by atoms with Gasteiger partial charge in [-0.25, -0.2) is 0 Å². The number of nitrogens with one attached hydrogen (secondary N) is 2. The number of aromatic nitrogens is 4. The Morgan fingerprint density at radius 1 is 0.853 bits per heavy atom. The zero-order chi connectivity index (χ0) is 23.8. The van der Waals surface area contributed by atoms with Crippen molar-refractivity contribution in [2.75, 3.05) is 16.4 Å². The average molecular weight is 473 g/mol. The molecule has 0 aliphatic carbocycles. The van der Waals surface area contributed by atoms with E-state index in [-0.39, 0.29) is 17.6 Å². The Kier molecular flexibility index (Phi) is 7.67. The number of hydrogen-bond donors (Lipinski definition) is 2. The Labute approximate surface area is 201 Å². The topological polar surface area (TPSA) is 102 Å². The van der Waals surface area contributed by atoms with Crippen LogP contribution >= 0.6 is 11.8 Å². The number of pyridine rings is 1. The first kappa shape index (κ1) is 23.2. The van der Waals surface area contributed by atoms with Crippen LogP contribution in [0.4, 0.5) is 11.4 Å². The lowest BCUT2D eigenvalue weighted by atomic mass is 10.1. The van der Waals surface area contributed by atoms with Crippen LogP contribution in [0.5, 0.6) is 0 Å². The molecule has 2 amide bonds. The predicted molar refractivity (Wildman–Crippen MR) is 133 cm³/mol. The molecule has 2 N–H and O–H groups in total. The lowest BCUT2D eigenvalue weighted by Gasteiger charge is -2.09. The highest BCUT2D eigenvalue weighted by Crippen LogP contribution is 2.24. The van der Waals surface area contributed by atoms with Crippen LogP contribution in [0.15, 0.2) is 84.3 Å². The second-order valence-corrected chi connectivity index (χ2v) is 8.35. The maximum atomic E-state index is 12.5. The van der Waals surface area contributed by atoms with Crippen molar-refractivity contribution in [2.45, 2.75) is 25.0 Å². The molecule has 2 aromatic carbocycles. The Morgan fingerprint density at radius 2 is 1.50 bits per heavy atom. The number of anilines is 2. The highest BCUT2D eigenvalue weighted by Gasteiger charge is 2.14. The molecule has 0 saturated carbocycles. The van der Waals surface area contributed by atoms with Gasteiger partial charge in [0.15, 0.2) is 11.0 Å². The van der Waals surface area contributed by atoms with Crippen molar-refractivity contribution in [3.8, 4) is 11.4 Å². The number of carbonyl (C=O) groups excluding carboxylic acids is 2. The van der Waals surface area contributed by atoms with E-state index in [1.54, 1.807) is 36.7 Å². The monoisotopic (exact) mass is 472 g/mol. The highest BCUT2D eigenvalue weighted by molar-refractivity contribution is 7.99. The Morgan fingerprint density at radius 3 is 2.15 bits per heavy atom. The van der Waals surface area contributed by atoms with Gasteiger partial charge in [-0.15, -0.1) is 10.2 Å². The molecule has 0 saturated heterocycles. The summed E-state index contributed by atoms with van der Waals surface area (Å²) in [6.07, 6.45) is 3.73. The van der Waals surface area contributed by atoms with Gasteiger partial charge in [0.1, 0.15) is 0 Å². The van der Waals surface area contributed by atoms with Crippen molar-refractivity contribution in [1.29, 1.82) is 0 Å². The second-order valence-electron chi connectivity index (χ2n) is 7.41. The molecule has 0 atom stereocenters. The van der Waals surface area contributed by atoms with Gasteiger partial charge < -0.3 is 15.2 Å². The number of nitrogens with zero attached hydrogens (tertiary/aromatic N) is 4. The first-order valence-electron chi connectivity index (χ1n) is 10.8. The third-order valence-corrected chi connectivity index (χ3v) is 5.93. The van der Waals surface area contributed by atoms with Crippen molar-refractivity contribution in [2.24, 2.45) is 0 Å². The number of rotatable bonds is 9. The van der Waals surface area contributed by atoms with Gasteiger partial charge in [-0.3, -0.25) is 14.6 Å². The molecule has 0 unspecified atom stereocenters. The van der Waals surface area contributed by atoms with Gasteiger partial charge in [0.25, 0.3) is 0 Å². The van der Waals surface area contributed by atoms with Crippen LogP contribution < -0.4 is 10.6 Å². The molecule has 34 heavy (non-hydrogen) atoms. The van der Waals surface area contributed by atoms with E-state index >= 15 is 0 Å². The molecule has 0 bridgehead atoms. The van der Waals surface area contributed by atoms with Crippen LogP contribution in [0.3, 0.4) is 0 Å². The van der Waals surface area contributed by atoms with E-state index in [4.69, 9.17) is 0 Å². The van der Waals surface area contributed by atoms with Crippen LogP contribution in [0.2, 0.25) is 0 Å². The van der Waals surface area contributed by atoms with E-state index in [9.17, 15) is 9.59 Å². The van der Waals surface area contributed by atoms with Gasteiger partial charge in [-0.05, 0) is 48.9 Å². The van der Waals surface area contributed by atoms with Crippen LogP contribution in [-0.4, -0.2) is 37.3 Å². The van der Waals surface area contributed by atoms with Gasteiger partial charge >= 0.3 is 0 Å². The van der Waals surface area contributed by atoms with Crippen molar-refractivity contribution >= 4 is 35.0 Å². The van der Waals surface area contributed by atoms with E-state index < -0.39 is 0 Å². The zero-order valence-electron chi connectivity index (χ0n) is 18.6. The number of carbonyl (C=O) groups is 2. The molecule has 0 aliphatic heterocycles. The van der Waals surface area contributed by atoms with Crippen molar-refractivity contribution < 1.29 is 9.59 Å². The van der Waals surface area contributed by atoms with E-state index in [1.165, 1.54) is 11.8 Å². The summed E-state index contributed by atoms with van der Waals surface area (Å²) in [5, 5.41) is 14.9. The van der Waals surface area contributed by atoms with Crippen LogP contribution in [0, 0.1) is 0 Å². The smallest absolute Gasteiger partial charge is 0.234 e. The van der Waals surface area contributed by atoms with Gasteiger partial charge in [-0.2, -0.15) is 0 Å². The molecule has 0 aliphatic rings. The minimum absolute atomic E-state index is 0.0921. The fraction of sp³-hybridized carbons (Fsp3) is 0.160. The summed E-state index contributed by atoms with van der Waals surface area (Å²) in [6.45, 7) is 2.70. The molecule has 2 heterocycles. The fourth-order valence-corrected chi connectivity index (χ4v) is 4.15. The van der Waals surface area contributed by atoms with Gasteiger partial charge in [0.05, 0.1) is 12.2 Å². The lowest BCUT2D eigenvalue weighted by Crippen LogP contribution is -2.16. The van der Waals surface area contributed by atoms with Gasteiger partial charge in [0, 0.05) is 35.9 Å². The number of benzene rings is 2. The molecule has 9 heteroatoms. The summed E-state index contributed by atoms with van der Waals surface area (Å²) in [6, 6.07) is 20.4. The zero-order valence-corrected chi connectivity index (χ0v) is 19.5. The Bertz CT molecular complexity index is 1240. The summed E-state index contributed by atoms with van der Waals surface area (Å²) < 4.78 is 1.97. The third kappa shape index (κ3) is 6.08. The molecular formula is C25H24N6O2S. The van der Waals surface area contributed by atoms with Crippen LogP contribution in [0.1, 0.15) is 12.5 Å². The largest absolute Gasteiger partial charge is 0.326 e. The van der Waals surface area contributed by atoms with E-state index in [2.05, 4.69) is 25.8 Å². The highest BCUT2D eigenvalue weighted by atomic mass is 32.2. The minimum atomic E-state index is -0.151. The number of amides is 2. The third-order valence-electron chi connectivity index (χ3n) is 4.96. The second kappa shape index (κ2) is 11.2. The molecule has 172 valence electrons. The van der Waals surface area contributed by atoms with E-state index in [0.29, 0.717) is 29.5 Å². The fourth-order valence-electron chi connectivity index (χ4n) is 3.35. The summed E-state index contributed by atoms with van der Waals surface area (Å²) in [7, 11) is 0. The Balaban J connectivity index is 1.29.